The first-order chi connectivity index (χ1) is 18.9. The maximum Gasteiger partial charge on any atom is 0.230 e. The van der Waals surface area contributed by atoms with Crippen molar-refractivity contribution in [2.45, 2.75) is 46.8 Å². The third-order valence-corrected chi connectivity index (χ3v) is 9.48. The molecule has 0 saturated carbocycles. The normalized spacial score (nSPS) is 19.4. The molecule has 0 fully saturated rings. The molecule has 0 radical (unpaired) electrons. The number of para-hydroxylation sites is 1. The molecule has 0 saturated heterocycles. The summed E-state index contributed by atoms with van der Waals surface area (Å²) in [7, 11) is -3.96. The van der Waals surface area contributed by atoms with E-state index in [1.807, 2.05) is 44.2 Å². The molecule has 0 aromatic heterocycles. The molecule has 2 aliphatic heterocycles. The van der Waals surface area contributed by atoms with Crippen molar-refractivity contribution in [3.63, 3.8) is 0 Å². The standard InChI is InChI=1S/C31H33FN2O5S/c1-19(2)30(36)34-25-11-8-12-26(35)27(25)33-24-16-31(3,4)18-40(37,38)29(24)28(34)22-14-13-21(15-23(22)32)39-17-20-9-6-5-7-10-20/h5-15,19,28,33,35H,16-18H2,1-4H3. The van der Waals surface area contributed by atoms with E-state index in [0.717, 1.165) is 5.56 Å². The van der Waals surface area contributed by atoms with Crippen molar-refractivity contribution in [2.24, 2.45) is 11.3 Å². The molecule has 0 spiro atoms. The highest BCUT2D eigenvalue weighted by Crippen LogP contribution is 2.52. The van der Waals surface area contributed by atoms with Gasteiger partial charge in [0.25, 0.3) is 0 Å². The van der Waals surface area contributed by atoms with Crippen molar-refractivity contribution in [1.82, 2.24) is 0 Å². The Kier molecular flexibility index (Phi) is 7.12. The number of sulfone groups is 1. The maximum atomic E-state index is 16.0. The van der Waals surface area contributed by atoms with Gasteiger partial charge in [0.2, 0.25) is 5.91 Å². The zero-order valence-corrected chi connectivity index (χ0v) is 23.8. The van der Waals surface area contributed by atoms with Gasteiger partial charge in [-0.2, -0.15) is 0 Å². The van der Waals surface area contributed by atoms with Crippen LogP contribution in [0.3, 0.4) is 0 Å². The molecular formula is C31H33FN2O5S. The monoisotopic (exact) mass is 564 g/mol. The number of carbonyl (C=O) groups is 1. The zero-order chi connectivity index (χ0) is 28.8. The van der Waals surface area contributed by atoms with Crippen LogP contribution in [0.2, 0.25) is 0 Å². The van der Waals surface area contributed by atoms with Crippen molar-refractivity contribution < 1.29 is 27.4 Å². The highest BCUT2D eigenvalue weighted by atomic mass is 32.2. The predicted octanol–water partition coefficient (Wildman–Crippen LogP) is 6.32. The summed E-state index contributed by atoms with van der Waals surface area (Å²) in [5, 5.41) is 14.0. The van der Waals surface area contributed by atoms with Gasteiger partial charge in [0.05, 0.1) is 16.3 Å². The first-order valence-corrected chi connectivity index (χ1v) is 14.9. The molecule has 2 aliphatic rings. The van der Waals surface area contributed by atoms with Gasteiger partial charge < -0.3 is 15.2 Å². The fourth-order valence-electron chi connectivity index (χ4n) is 5.47. The Morgan fingerprint density at radius 2 is 1.85 bits per heavy atom. The Bertz CT molecular complexity index is 1600. The largest absolute Gasteiger partial charge is 0.506 e. The van der Waals surface area contributed by atoms with Gasteiger partial charge in [0.15, 0.2) is 9.84 Å². The molecular weight excluding hydrogens is 531 g/mol. The van der Waals surface area contributed by atoms with Gasteiger partial charge in [-0.15, -0.1) is 0 Å². The fraction of sp³-hybridized carbons (Fsp3) is 0.323. The summed E-state index contributed by atoms with van der Waals surface area (Å²) >= 11 is 0. The number of ether oxygens (including phenoxy) is 1. The van der Waals surface area contributed by atoms with E-state index in [1.54, 1.807) is 32.0 Å². The van der Waals surface area contributed by atoms with E-state index < -0.39 is 38.9 Å². The number of hydrogen-bond acceptors (Lipinski definition) is 6. The van der Waals surface area contributed by atoms with E-state index in [4.69, 9.17) is 4.74 Å². The molecule has 210 valence electrons. The minimum atomic E-state index is -3.96. The number of benzene rings is 3. The molecule has 5 rings (SSSR count). The van der Waals surface area contributed by atoms with Crippen LogP contribution in [-0.4, -0.2) is 25.2 Å². The number of aromatic hydroxyl groups is 1. The van der Waals surface area contributed by atoms with Crippen molar-refractivity contribution in [1.29, 1.82) is 0 Å². The second-order valence-corrected chi connectivity index (χ2v) is 13.4. The second kappa shape index (κ2) is 10.3. The van der Waals surface area contributed by atoms with Crippen LogP contribution < -0.4 is 15.0 Å². The Morgan fingerprint density at radius 1 is 1.12 bits per heavy atom. The SMILES string of the molecule is CC(C)C(=O)N1c2cccc(O)c2NC2=C(C1c1ccc(OCc3ccccc3)cc1F)S(=O)(=O)CC(C)(C)C2. The third-order valence-electron chi connectivity index (χ3n) is 7.18. The van der Waals surface area contributed by atoms with Crippen LogP contribution in [0, 0.1) is 17.2 Å². The van der Waals surface area contributed by atoms with Gasteiger partial charge in [-0.25, -0.2) is 12.8 Å². The van der Waals surface area contributed by atoms with Gasteiger partial charge in [-0.05, 0) is 41.7 Å². The number of phenolic OH excluding ortho intramolecular Hbond substituents is 1. The molecule has 40 heavy (non-hydrogen) atoms. The van der Waals surface area contributed by atoms with Gasteiger partial charge in [-0.3, -0.25) is 9.69 Å². The number of nitrogens with one attached hydrogen (secondary N) is 1. The second-order valence-electron chi connectivity index (χ2n) is 11.5. The van der Waals surface area contributed by atoms with E-state index in [0.29, 0.717) is 12.1 Å². The summed E-state index contributed by atoms with van der Waals surface area (Å²) in [6, 6.07) is 17.1. The molecule has 1 unspecified atom stereocenters. The lowest BCUT2D eigenvalue weighted by Gasteiger charge is -2.38. The summed E-state index contributed by atoms with van der Waals surface area (Å²) in [5.74, 6) is -1.68. The van der Waals surface area contributed by atoms with Crippen LogP contribution in [0.1, 0.15) is 51.3 Å². The van der Waals surface area contributed by atoms with Crippen molar-refractivity contribution in [2.75, 3.05) is 16.0 Å². The lowest BCUT2D eigenvalue weighted by atomic mass is 9.88. The van der Waals surface area contributed by atoms with Gasteiger partial charge in [0.1, 0.15) is 35.7 Å². The number of phenols is 1. The number of rotatable bonds is 5. The number of anilines is 2. The average molecular weight is 565 g/mol. The molecule has 2 heterocycles. The van der Waals surface area contributed by atoms with Gasteiger partial charge in [0, 0.05) is 23.2 Å². The summed E-state index contributed by atoms with van der Waals surface area (Å²) in [4.78, 5) is 15.1. The maximum absolute atomic E-state index is 16.0. The van der Waals surface area contributed by atoms with Crippen molar-refractivity contribution >= 4 is 27.1 Å². The molecule has 3 aromatic carbocycles. The van der Waals surface area contributed by atoms with E-state index in [1.165, 1.54) is 23.1 Å². The van der Waals surface area contributed by atoms with Crippen LogP contribution in [-0.2, 0) is 21.2 Å². The van der Waals surface area contributed by atoms with E-state index in [-0.39, 0.29) is 45.7 Å². The Labute approximate surface area is 234 Å². The van der Waals surface area contributed by atoms with Gasteiger partial charge >= 0.3 is 0 Å². The van der Waals surface area contributed by atoms with Gasteiger partial charge in [-0.1, -0.05) is 64.1 Å². The molecule has 7 nitrogen and oxygen atoms in total. The van der Waals surface area contributed by atoms with Crippen LogP contribution in [0.25, 0.3) is 0 Å². The summed E-state index contributed by atoms with van der Waals surface area (Å²) in [5.41, 5.74) is 1.14. The highest BCUT2D eigenvalue weighted by molar-refractivity contribution is 7.95. The number of nitrogens with zero attached hydrogens (tertiary/aromatic N) is 1. The van der Waals surface area contributed by atoms with Crippen LogP contribution >= 0.6 is 0 Å². The Morgan fingerprint density at radius 3 is 2.52 bits per heavy atom. The number of amides is 1. The number of fused-ring (bicyclic) bond motifs is 1. The summed E-state index contributed by atoms with van der Waals surface area (Å²) < 4.78 is 49.7. The predicted molar refractivity (Wildman–Crippen MR) is 153 cm³/mol. The Hall–Kier alpha value is -3.85. The minimum absolute atomic E-state index is 0.0230. The van der Waals surface area contributed by atoms with Crippen molar-refractivity contribution in [3.05, 3.63) is 94.3 Å². The summed E-state index contributed by atoms with van der Waals surface area (Å²) in [6.07, 6.45) is 0.329. The molecule has 3 aromatic rings. The smallest absolute Gasteiger partial charge is 0.230 e. The van der Waals surface area contributed by atoms with Crippen molar-refractivity contribution in [3.8, 4) is 11.5 Å². The number of carbonyl (C=O) groups excluding carboxylic acids is 1. The van der Waals surface area contributed by atoms with E-state index in [2.05, 4.69) is 5.32 Å². The molecule has 1 amide bonds. The lowest BCUT2D eigenvalue weighted by Crippen LogP contribution is -2.42. The highest BCUT2D eigenvalue weighted by Gasteiger charge is 2.48. The molecule has 0 bridgehead atoms. The molecule has 9 heteroatoms. The topological polar surface area (TPSA) is 95.9 Å². The van der Waals surface area contributed by atoms with Crippen LogP contribution in [0.4, 0.5) is 15.8 Å². The molecule has 1 atom stereocenters. The first kappa shape index (κ1) is 27.7. The third kappa shape index (κ3) is 5.18. The quantitative estimate of drug-likeness (QED) is 0.352. The average Bonchev–Trinajstić information content (AvgIpc) is 3.02. The summed E-state index contributed by atoms with van der Waals surface area (Å²) in [6.45, 7) is 7.32. The van der Waals surface area contributed by atoms with Crippen LogP contribution in [0.5, 0.6) is 11.5 Å². The first-order valence-electron chi connectivity index (χ1n) is 13.2. The van der Waals surface area contributed by atoms with E-state index in [9.17, 15) is 18.3 Å². The molecule has 2 N–H and O–H groups in total. The Balaban J connectivity index is 1.70. The van der Waals surface area contributed by atoms with Crippen LogP contribution in [0.15, 0.2) is 77.3 Å². The minimum Gasteiger partial charge on any atom is -0.506 e. The number of hydrogen-bond donors (Lipinski definition) is 2. The molecule has 0 aliphatic carbocycles. The van der Waals surface area contributed by atoms with E-state index >= 15 is 4.39 Å². The zero-order valence-electron chi connectivity index (χ0n) is 22.9. The fourth-order valence-corrected chi connectivity index (χ4v) is 7.82. The lowest BCUT2D eigenvalue weighted by molar-refractivity contribution is -0.121. The number of halogens is 1. The number of allylic oxidation sites excluding steroid dienone is 1.